The van der Waals surface area contributed by atoms with Gasteiger partial charge in [-0.1, -0.05) is 0 Å². The Bertz CT molecular complexity index is 1090. The van der Waals surface area contributed by atoms with Crippen molar-refractivity contribution >= 4 is 16.8 Å². The molecular formula is C20H17F6N3O2. The molecule has 1 N–H and O–H groups in total. The predicted molar refractivity (Wildman–Crippen MR) is 99.6 cm³/mol. The number of amides is 1. The van der Waals surface area contributed by atoms with Gasteiger partial charge in [0.25, 0.3) is 5.91 Å². The van der Waals surface area contributed by atoms with Gasteiger partial charge in [-0.15, -0.1) is 0 Å². The molecule has 1 amide bonds. The zero-order valence-electron chi connectivity index (χ0n) is 16.3. The molecule has 2 heterocycles. The number of carbonyl (C=O) groups excluding carboxylic acids is 1. The Kier molecular flexibility index (Phi) is 5.88. The molecular weight excluding hydrogens is 428 g/mol. The van der Waals surface area contributed by atoms with Crippen LogP contribution in [0.1, 0.15) is 34.7 Å². The lowest BCUT2D eigenvalue weighted by atomic mass is 10.1. The van der Waals surface area contributed by atoms with Gasteiger partial charge in [0.15, 0.2) is 6.61 Å². The molecule has 11 heteroatoms. The van der Waals surface area contributed by atoms with Gasteiger partial charge in [0.05, 0.1) is 23.5 Å². The topological polar surface area (TPSA) is 56.2 Å². The third kappa shape index (κ3) is 5.28. The molecule has 3 aromatic rings. The number of nitrogens with one attached hydrogen (secondary N) is 1. The molecule has 2 aromatic heterocycles. The molecule has 1 aromatic carbocycles. The number of benzene rings is 1. The van der Waals surface area contributed by atoms with Crippen LogP contribution in [-0.4, -0.2) is 28.2 Å². The Hall–Kier alpha value is -3.24. The number of hydrogen-bond donors (Lipinski definition) is 1. The average Bonchev–Trinajstić information content (AvgIpc) is 3.02. The molecule has 0 radical (unpaired) electrons. The summed E-state index contributed by atoms with van der Waals surface area (Å²) in [6.45, 7) is 0.165. The predicted octanol–water partition coefficient (Wildman–Crippen LogP) is 5.02. The van der Waals surface area contributed by atoms with Crippen molar-refractivity contribution in [3.05, 3.63) is 59.5 Å². The van der Waals surface area contributed by atoms with Crippen molar-refractivity contribution in [2.24, 2.45) is 7.05 Å². The van der Waals surface area contributed by atoms with Gasteiger partial charge in [0.1, 0.15) is 11.4 Å². The summed E-state index contributed by atoms with van der Waals surface area (Å²) < 4.78 is 81.4. The van der Waals surface area contributed by atoms with Crippen LogP contribution in [-0.2, 0) is 13.2 Å². The Morgan fingerprint density at radius 1 is 1.13 bits per heavy atom. The fourth-order valence-corrected chi connectivity index (χ4v) is 2.99. The number of pyridine rings is 1. The quantitative estimate of drug-likeness (QED) is 0.561. The number of aromatic nitrogens is 2. The highest BCUT2D eigenvalue weighted by atomic mass is 19.4. The maximum Gasteiger partial charge on any atom is 0.422 e. The number of alkyl halides is 6. The van der Waals surface area contributed by atoms with E-state index in [2.05, 4.69) is 15.0 Å². The number of ether oxygens (including phenoxy) is 1. The first kappa shape index (κ1) is 22.4. The van der Waals surface area contributed by atoms with E-state index in [0.29, 0.717) is 11.2 Å². The lowest BCUT2D eigenvalue weighted by Gasteiger charge is -2.15. The molecule has 5 nitrogen and oxygen atoms in total. The van der Waals surface area contributed by atoms with Crippen molar-refractivity contribution in [3.8, 4) is 5.75 Å². The van der Waals surface area contributed by atoms with Gasteiger partial charge in [-0.3, -0.25) is 9.78 Å². The summed E-state index contributed by atoms with van der Waals surface area (Å²) in [5.74, 6) is -0.618. The number of nitrogens with zero attached hydrogens (tertiary/aromatic N) is 2. The second-order valence-electron chi connectivity index (χ2n) is 6.88. The molecule has 166 valence electrons. The van der Waals surface area contributed by atoms with Crippen molar-refractivity contribution in [2.75, 3.05) is 6.61 Å². The van der Waals surface area contributed by atoms with Crippen LogP contribution in [0.15, 0.2) is 42.6 Å². The maximum absolute atomic E-state index is 12.9. The van der Waals surface area contributed by atoms with E-state index < -0.39 is 36.5 Å². The summed E-state index contributed by atoms with van der Waals surface area (Å²) in [5, 5.41) is 2.93. The normalized spacial score (nSPS) is 13.3. The highest BCUT2D eigenvalue weighted by Crippen LogP contribution is 2.32. The van der Waals surface area contributed by atoms with E-state index >= 15 is 0 Å². The highest BCUT2D eigenvalue weighted by Gasteiger charge is 2.31. The third-order valence-electron chi connectivity index (χ3n) is 4.56. The number of fused-ring (bicyclic) bond motifs is 1. The molecule has 0 saturated heterocycles. The summed E-state index contributed by atoms with van der Waals surface area (Å²) in [6, 6.07) is 6.65. The van der Waals surface area contributed by atoms with E-state index in [0.717, 1.165) is 18.3 Å². The van der Waals surface area contributed by atoms with Crippen LogP contribution in [0, 0.1) is 0 Å². The van der Waals surface area contributed by atoms with Crippen LogP contribution < -0.4 is 10.1 Å². The van der Waals surface area contributed by atoms with Crippen LogP contribution in [0.3, 0.4) is 0 Å². The first-order valence-electron chi connectivity index (χ1n) is 8.98. The van der Waals surface area contributed by atoms with Crippen LogP contribution in [0.5, 0.6) is 5.75 Å². The standard InChI is InChI=1S/C20H17F6N3O2/c1-11(15-5-4-14(9-27-15)31-10-19(21,22)23)28-18(30)17-8-12-7-13(20(24,25)26)3-6-16(12)29(17)2/h3-9,11H,10H2,1-2H3,(H,28,30). The van der Waals surface area contributed by atoms with E-state index in [9.17, 15) is 31.1 Å². The summed E-state index contributed by atoms with van der Waals surface area (Å²) in [4.78, 5) is 16.6. The third-order valence-corrected chi connectivity index (χ3v) is 4.56. The molecule has 0 fully saturated rings. The Morgan fingerprint density at radius 2 is 1.84 bits per heavy atom. The molecule has 1 unspecified atom stereocenters. The van der Waals surface area contributed by atoms with E-state index in [1.807, 2.05) is 0 Å². The first-order valence-corrected chi connectivity index (χ1v) is 8.98. The van der Waals surface area contributed by atoms with Crippen LogP contribution in [0.25, 0.3) is 10.9 Å². The smallest absolute Gasteiger partial charge is 0.422 e. The minimum Gasteiger partial charge on any atom is -0.483 e. The first-order chi connectivity index (χ1) is 14.3. The van der Waals surface area contributed by atoms with Crippen LogP contribution in [0.2, 0.25) is 0 Å². The van der Waals surface area contributed by atoms with Gasteiger partial charge in [0.2, 0.25) is 0 Å². The van der Waals surface area contributed by atoms with Crippen LogP contribution >= 0.6 is 0 Å². The van der Waals surface area contributed by atoms with E-state index in [4.69, 9.17) is 0 Å². The van der Waals surface area contributed by atoms with Gasteiger partial charge >= 0.3 is 12.4 Å². The van der Waals surface area contributed by atoms with E-state index in [-0.39, 0.29) is 16.8 Å². The van der Waals surface area contributed by atoms with Crippen molar-refractivity contribution in [2.45, 2.75) is 25.3 Å². The molecule has 0 aliphatic heterocycles. The van der Waals surface area contributed by atoms with Crippen LogP contribution in [0.4, 0.5) is 26.3 Å². The number of rotatable bonds is 5. The number of halogens is 6. The fraction of sp³-hybridized carbons (Fsp3) is 0.300. The van der Waals surface area contributed by atoms with Crippen molar-refractivity contribution in [3.63, 3.8) is 0 Å². The Morgan fingerprint density at radius 3 is 2.42 bits per heavy atom. The number of aryl methyl sites for hydroxylation is 1. The maximum atomic E-state index is 12.9. The number of carbonyl (C=O) groups is 1. The monoisotopic (exact) mass is 445 g/mol. The van der Waals surface area contributed by atoms with Crippen molar-refractivity contribution in [1.82, 2.24) is 14.9 Å². The molecule has 31 heavy (non-hydrogen) atoms. The summed E-state index contributed by atoms with van der Waals surface area (Å²) >= 11 is 0. The summed E-state index contributed by atoms with van der Waals surface area (Å²) in [6.07, 6.45) is -7.86. The molecule has 0 aliphatic carbocycles. The minimum atomic E-state index is -4.50. The second-order valence-corrected chi connectivity index (χ2v) is 6.88. The van der Waals surface area contributed by atoms with Crippen molar-refractivity contribution < 1.29 is 35.9 Å². The van der Waals surface area contributed by atoms with Gasteiger partial charge in [0, 0.05) is 18.0 Å². The summed E-state index contributed by atoms with van der Waals surface area (Å²) in [5.41, 5.74) is 0.148. The summed E-state index contributed by atoms with van der Waals surface area (Å²) in [7, 11) is 1.56. The fourth-order valence-electron chi connectivity index (χ4n) is 2.99. The lowest BCUT2D eigenvalue weighted by Crippen LogP contribution is -2.28. The van der Waals surface area contributed by atoms with Gasteiger partial charge in [-0.2, -0.15) is 26.3 Å². The van der Waals surface area contributed by atoms with Gasteiger partial charge in [-0.25, -0.2) is 0 Å². The second kappa shape index (κ2) is 8.12. The molecule has 3 rings (SSSR count). The molecule has 0 spiro atoms. The Balaban J connectivity index is 1.73. The molecule has 0 bridgehead atoms. The average molecular weight is 445 g/mol. The zero-order chi connectivity index (χ0) is 23.0. The Labute approximate surface area is 172 Å². The van der Waals surface area contributed by atoms with Crippen molar-refractivity contribution in [1.29, 1.82) is 0 Å². The van der Waals surface area contributed by atoms with E-state index in [1.54, 1.807) is 14.0 Å². The largest absolute Gasteiger partial charge is 0.483 e. The minimum absolute atomic E-state index is 0.0752. The zero-order valence-corrected chi connectivity index (χ0v) is 16.3. The lowest BCUT2D eigenvalue weighted by molar-refractivity contribution is -0.153. The molecule has 0 aliphatic rings. The van der Waals surface area contributed by atoms with E-state index in [1.165, 1.54) is 28.8 Å². The highest BCUT2D eigenvalue weighted by molar-refractivity contribution is 5.99. The number of hydrogen-bond acceptors (Lipinski definition) is 3. The molecule has 1 atom stereocenters. The van der Waals surface area contributed by atoms with Gasteiger partial charge < -0.3 is 14.6 Å². The SMILES string of the molecule is CC(NC(=O)c1cc2cc(C(F)(F)F)ccc2n1C)c1ccc(OCC(F)(F)F)cn1. The molecule has 0 saturated carbocycles. The van der Waals surface area contributed by atoms with Gasteiger partial charge in [-0.05, 0) is 43.3 Å².